The average Bonchev–Trinajstić information content (AvgIpc) is 2.49. The molecule has 0 saturated heterocycles. The summed E-state index contributed by atoms with van der Waals surface area (Å²) in [7, 11) is 0. The molecule has 3 N–H and O–H groups in total. The summed E-state index contributed by atoms with van der Waals surface area (Å²) < 4.78 is 19.1. The minimum Gasteiger partial charge on any atom is -0.465 e. The Morgan fingerprint density at radius 1 is 1.11 bits per heavy atom. The van der Waals surface area contributed by atoms with Gasteiger partial charge in [-0.3, -0.25) is 4.79 Å². The van der Waals surface area contributed by atoms with Crippen LogP contribution in [-0.2, 0) is 9.53 Å². The standard InChI is InChI=1S/C13H24O5/c14-5-3-1-2-4-6-18-13(17)10-7-11(15)9-12(16)8-10/h10-12,14-16H,1-9H2/i15D,16D. The third-order valence-corrected chi connectivity index (χ3v) is 3.25. The van der Waals surface area contributed by atoms with Gasteiger partial charge in [0, 0.05) is 6.61 Å². The van der Waals surface area contributed by atoms with Crippen LogP contribution in [0.3, 0.4) is 0 Å². The quantitative estimate of drug-likeness (QED) is 0.418. The summed E-state index contributed by atoms with van der Waals surface area (Å²) in [4.78, 5) is 11.9. The molecule has 2 atom stereocenters. The summed E-state index contributed by atoms with van der Waals surface area (Å²) in [6.07, 6.45) is 4.05. The molecule has 0 aromatic heterocycles. The smallest absolute Gasteiger partial charge is 0.309 e. The monoisotopic (exact) mass is 262 g/mol. The second kappa shape index (κ2) is 8.45. The number of unbranched alkanes of at least 4 members (excludes halogenated alkanes) is 3. The molecule has 5 heteroatoms. The maximum Gasteiger partial charge on any atom is 0.309 e. The molecule has 2 unspecified atom stereocenters. The number of rotatable bonds is 9. The number of esters is 1. The van der Waals surface area contributed by atoms with Crippen molar-refractivity contribution in [3.8, 4) is 0 Å². The van der Waals surface area contributed by atoms with Crippen molar-refractivity contribution in [2.24, 2.45) is 5.92 Å². The topological polar surface area (TPSA) is 87.0 Å². The van der Waals surface area contributed by atoms with Gasteiger partial charge in [-0.15, -0.1) is 0 Å². The molecule has 0 aromatic carbocycles. The van der Waals surface area contributed by atoms with Crippen molar-refractivity contribution >= 4 is 5.97 Å². The van der Waals surface area contributed by atoms with E-state index in [1.54, 1.807) is 0 Å². The Balaban J connectivity index is 2.23. The van der Waals surface area contributed by atoms with Crippen LogP contribution in [0.15, 0.2) is 0 Å². The Kier molecular flexibility index (Phi) is 5.82. The first-order chi connectivity index (χ1) is 9.71. The van der Waals surface area contributed by atoms with Crippen LogP contribution < -0.4 is 0 Å². The zero-order valence-electron chi connectivity index (χ0n) is 12.7. The van der Waals surface area contributed by atoms with Gasteiger partial charge in [-0.2, -0.15) is 0 Å². The second-order valence-corrected chi connectivity index (χ2v) is 4.95. The normalized spacial score (nSPS) is 29.5. The van der Waals surface area contributed by atoms with Crippen LogP contribution in [0.4, 0.5) is 0 Å². The average molecular weight is 262 g/mol. The highest BCUT2D eigenvalue weighted by Crippen LogP contribution is 2.25. The molecule has 0 bridgehead atoms. The van der Waals surface area contributed by atoms with Crippen molar-refractivity contribution in [2.75, 3.05) is 13.2 Å². The van der Waals surface area contributed by atoms with Crippen molar-refractivity contribution in [3.63, 3.8) is 0 Å². The third kappa shape index (κ3) is 5.80. The van der Waals surface area contributed by atoms with E-state index in [4.69, 9.17) is 12.7 Å². The fourth-order valence-electron chi connectivity index (χ4n) is 2.27. The van der Waals surface area contributed by atoms with Gasteiger partial charge >= 0.3 is 5.97 Å². The van der Waals surface area contributed by atoms with Gasteiger partial charge in [-0.25, -0.2) is 0 Å². The fraction of sp³-hybridized carbons (Fsp3) is 0.923. The number of carbonyl (C=O) groups is 1. The number of hydrogen-bond acceptors (Lipinski definition) is 5. The summed E-state index contributed by atoms with van der Waals surface area (Å²) in [5.74, 6) is -0.650. The van der Waals surface area contributed by atoms with Crippen molar-refractivity contribution in [2.45, 2.75) is 57.2 Å². The van der Waals surface area contributed by atoms with E-state index in [0.29, 0.717) is 25.9 Å². The van der Waals surface area contributed by atoms with Gasteiger partial charge in [0.2, 0.25) is 2.86 Å². The largest absolute Gasteiger partial charge is 0.465 e. The van der Waals surface area contributed by atoms with E-state index < -0.39 is 0 Å². The lowest BCUT2D eigenvalue weighted by molar-refractivity contribution is -0.153. The molecule has 1 aliphatic rings. The minimum absolute atomic E-state index is 0.199. The number of aliphatic hydroxyl groups is 3. The lowest BCUT2D eigenvalue weighted by atomic mass is 9.85. The van der Waals surface area contributed by atoms with Gasteiger partial charge in [0.25, 0.3) is 0 Å². The number of hydrogen-bond donors (Lipinski definition) is 3. The van der Waals surface area contributed by atoms with Gasteiger partial charge in [0.05, 0.1) is 24.7 Å². The van der Waals surface area contributed by atoms with Crippen LogP contribution in [0.25, 0.3) is 0 Å². The van der Waals surface area contributed by atoms with E-state index in [-0.39, 0.29) is 30.7 Å². The Hall–Kier alpha value is -0.650. The van der Waals surface area contributed by atoms with Crippen LogP contribution in [0.2, 0.25) is 0 Å². The van der Waals surface area contributed by atoms with Crippen LogP contribution in [0.1, 0.15) is 44.9 Å². The van der Waals surface area contributed by atoms with Crippen LogP contribution in [-0.4, -0.2) is 49.6 Å². The zero-order chi connectivity index (χ0) is 14.8. The third-order valence-electron chi connectivity index (χ3n) is 3.25. The first-order valence-electron chi connectivity index (χ1n) is 7.54. The lowest BCUT2D eigenvalue weighted by Gasteiger charge is -2.28. The van der Waals surface area contributed by atoms with Crippen molar-refractivity contribution in [3.05, 3.63) is 0 Å². The van der Waals surface area contributed by atoms with Gasteiger partial charge in [0.15, 0.2) is 0 Å². The van der Waals surface area contributed by atoms with Crippen molar-refractivity contribution in [1.82, 2.24) is 0 Å². The molecule has 0 amide bonds. The summed E-state index contributed by atoms with van der Waals surface area (Å²) in [6.45, 7) is 0.574. The van der Waals surface area contributed by atoms with Crippen LogP contribution in [0.5, 0.6) is 0 Å². The summed E-state index contributed by atoms with van der Waals surface area (Å²) in [5, 5.41) is 17.7. The molecule has 18 heavy (non-hydrogen) atoms. The van der Waals surface area contributed by atoms with E-state index in [2.05, 4.69) is 10.2 Å². The molecule has 5 nitrogen and oxygen atoms in total. The van der Waals surface area contributed by atoms with E-state index >= 15 is 0 Å². The van der Waals surface area contributed by atoms with Gasteiger partial charge in [0.1, 0.15) is 0 Å². The maximum absolute atomic E-state index is 11.9. The number of ether oxygens (including phenoxy) is 1. The van der Waals surface area contributed by atoms with Gasteiger partial charge in [-0.05, 0) is 38.5 Å². The van der Waals surface area contributed by atoms with Crippen molar-refractivity contribution in [1.29, 1.82) is 2.86 Å². The van der Waals surface area contributed by atoms with E-state index in [0.717, 1.165) is 25.7 Å². The molecule has 1 rings (SSSR count). The molecule has 0 aromatic rings. The predicted molar refractivity (Wildman–Crippen MR) is 65.9 cm³/mol. The predicted octanol–water partition coefficient (Wildman–Crippen LogP) is 0.604. The summed E-state index contributed by atoms with van der Waals surface area (Å²) >= 11 is 0. The molecular weight excluding hydrogens is 236 g/mol. The van der Waals surface area contributed by atoms with Gasteiger partial charge < -0.3 is 20.1 Å². The summed E-state index contributed by atoms with van der Waals surface area (Å²) in [6, 6.07) is 0. The maximum atomic E-state index is 11.9. The fourth-order valence-corrected chi connectivity index (χ4v) is 2.27. The SMILES string of the molecule is [2H]OC1CC(O[2H])CC(C(=O)OCCCCCCO)C1. The lowest BCUT2D eigenvalue weighted by Crippen LogP contribution is -2.34. The van der Waals surface area contributed by atoms with Crippen LogP contribution in [0, 0.1) is 5.92 Å². The molecule has 1 saturated carbocycles. The molecular formula is C13H24O5. The minimum atomic E-state index is -0.374. The van der Waals surface area contributed by atoms with E-state index in [1.807, 2.05) is 0 Å². The Bertz CT molecular complexity index is 265. The molecule has 0 heterocycles. The highest BCUT2D eigenvalue weighted by atomic mass is 16.5. The Morgan fingerprint density at radius 2 is 1.78 bits per heavy atom. The molecule has 0 radical (unpaired) electrons. The second-order valence-electron chi connectivity index (χ2n) is 4.95. The number of carbonyl (C=O) groups excluding carboxylic acids is 1. The highest BCUT2D eigenvalue weighted by Gasteiger charge is 2.31. The zero-order valence-corrected chi connectivity index (χ0v) is 10.7. The van der Waals surface area contributed by atoms with Crippen molar-refractivity contribution < 1.29 is 24.9 Å². The Labute approximate surface area is 111 Å². The molecule has 106 valence electrons. The highest BCUT2D eigenvalue weighted by molar-refractivity contribution is 5.72. The number of aliphatic hydroxyl groups excluding tert-OH is 3. The van der Waals surface area contributed by atoms with Crippen LogP contribution >= 0.6 is 0 Å². The summed E-state index contributed by atoms with van der Waals surface area (Å²) in [5.41, 5.74) is 0. The molecule has 1 aliphatic carbocycles. The first-order valence-corrected chi connectivity index (χ1v) is 6.72. The first kappa shape index (κ1) is 12.4. The van der Waals surface area contributed by atoms with E-state index in [1.165, 1.54) is 0 Å². The van der Waals surface area contributed by atoms with E-state index in [9.17, 15) is 4.79 Å². The molecule has 1 fully saturated rings. The molecule has 0 aliphatic heterocycles. The molecule has 0 spiro atoms. The Morgan fingerprint density at radius 3 is 2.39 bits per heavy atom. The van der Waals surface area contributed by atoms with Gasteiger partial charge in [-0.1, -0.05) is 6.42 Å².